The molecule has 0 amide bonds. The highest BCUT2D eigenvalue weighted by atomic mass is 79.9. The molecule has 3 aromatic rings. The molecule has 0 saturated heterocycles. The number of rotatable bonds is 12. The number of unbranched alkanes of at least 4 members (excludes halogenated alkanes) is 6. The fourth-order valence-corrected chi connectivity index (χ4v) is 4.25. The second-order valence-electron chi connectivity index (χ2n) is 8.36. The second-order valence-corrected chi connectivity index (χ2v) is 9.22. The molecule has 0 heterocycles. The maximum absolute atomic E-state index is 14.6. The van der Waals surface area contributed by atoms with E-state index in [9.17, 15) is 8.78 Å². The molecule has 1 N–H and O–H groups in total. The van der Waals surface area contributed by atoms with Crippen molar-refractivity contribution in [2.24, 2.45) is 0 Å². The van der Waals surface area contributed by atoms with Gasteiger partial charge in [0.1, 0.15) is 11.6 Å². The Bertz CT molecular complexity index is 985. The first-order valence-electron chi connectivity index (χ1n) is 11.6. The molecule has 0 aliphatic heterocycles. The molecule has 1 nitrogen and oxygen atoms in total. The highest BCUT2D eigenvalue weighted by Crippen LogP contribution is 2.26. The smallest absolute Gasteiger partial charge is 0.137 e. The van der Waals surface area contributed by atoms with Gasteiger partial charge in [0.2, 0.25) is 0 Å². The van der Waals surface area contributed by atoms with E-state index < -0.39 is 0 Å². The zero-order valence-corrected chi connectivity index (χ0v) is 20.4. The third-order valence-electron chi connectivity index (χ3n) is 5.93. The van der Waals surface area contributed by atoms with E-state index in [-0.39, 0.29) is 11.6 Å². The SMILES string of the molecule is CNc1ccc(-c2ccc(CCCCCCCCCc3ccc(Br)c(F)c3)cc2F)cc1. The van der Waals surface area contributed by atoms with E-state index in [1.54, 1.807) is 18.2 Å². The summed E-state index contributed by atoms with van der Waals surface area (Å²) in [4.78, 5) is 0. The lowest BCUT2D eigenvalue weighted by molar-refractivity contribution is 0.576. The lowest BCUT2D eigenvalue weighted by Crippen LogP contribution is -1.92. The minimum absolute atomic E-state index is 0.148. The maximum Gasteiger partial charge on any atom is 0.137 e. The van der Waals surface area contributed by atoms with Gasteiger partial charge in [0.05, 0.1) is 4.47 Å². The minimum Gasteiger partial charge on any atom is -0.388 e. The van der Waals surface area contributed by atoms with Gasteiger partial charge < -0.3 is 5.32 Å². The van der Waals surface area contributed by atoms with Gasteiger partial charge in [-0.2, -0.15) is 0 Å². The second kappa shape index (κ2) is 12.7. The molecule has 0 saturated carbocycles. The Morgan fingerprint density at radius 2 is 1.19 bits per heavy atom. The number of hydrogen-bond acceptors (Lipinski definition) is 1. The Morgan fingerprint density at radius 3 is 1.72 bits per heavy atom. The number of nitrogens with one attached hydrogen (secondary N) is 1. The lowest BCUT2D eigenvalue weighted by Gasteiger charge is -2.08. The van der Waals surface area contributed by atoms with Crippen molar-refractivity contribution in [1.82, 2.24) is 0 Å². The lowest BCUT2D eigenvalue weighted by atomic mass is 9.99. The number of benzene rings is 3. The maximum atomic E-state index is 14.6. The Morgan fingerprint density at radius 1 is 0.656 bits per heavy atom. The van der Waals surface area contributed by atoms with Crippen molar-refractivity contribution in [3.63, 3.8) is 0 Å². The monoisotopic (exact) mass is 499 g/mol. The number of anilines is 1. The standard InChI is InChI=1S/C28H32BrF2N/c1-32-24-15-13-23(14-16-24)25-17-11-21(19-27(25)30)9-7-5-3-2-4-6-8-10-22-12-18-26(29)28(31)20-22/h11-20,32H,2-10H2,1H3. The summed E-state index contributed by atoms with van der Waals surface area (Å²) in [5.74, 6) is -0.328. The van der Waals surface area contributed by atoms with Gasteiger partial charge in [-0.15, -0.1) is 0 Å². The summed E-state index contributed by atoms with van der Waals surface area (Å²) >= 11 is 3.19. The molecule has 4 heteroatoms. The van der Waals surface area contributed by atoms with Crippen LogP contribution in [0.5, 0.6) is 0 Å². The molecular formula is C28H32BrF2N. The molecule has 0 atom stereocenters. The molecule has 0 aliphatic carbocycles. The highest BCUT2D eigenvalue weighted by molar-refractivity contribution is 9.10. The normalized spacial score (nSPS) is 11.0. The Kier molecular flexibility index (Phi) is 9.73. The summed E-state index contributed by atoms with van der Waals surface area (Å²) in [7, 11) is 1.87. The molecule has 170 valence electrons. The molecule has 0 aliphatic rings. The van der Waals surface area contributed by atoms with Crippen LogP contribution in [0, 0.1) is 11.6 Å². The van der Waals surface area contributed by atoms with E-state index in [4.69, 9.17) is 0 Å². The van der Waals surface area contributed by atoms with Crippen LogP contribution < -0.4 is 5.32 Å². The molecule has 0 radical (unpaired) electrons. The van der Waals surface area contributed by atoms with Gasteiger partial charge in [0.25, 0.3) is 0 Å². The summed E-state index contributed by atoms with van der Waals surface area (Å²) in [6.45, 7) is 0. The highest BCUT2D eigenvalue weighted by Gasteiger charge is 2.07. The molecular weight excluding hydrogens is 468 g/mol. The van der Waals surface area contributed by atoms with Crippen LogP contribution in [0.15, 0.2) is 65.1 Å². The van der Waals surface area contributed by atoms with E-state index in [1.807, 2.05) is 43.4 Å². The van der Waals surface area contributed by atoms with Gasteiger partial charge in [0.15, 0.2) is 0 Å². The van der Waals surface area contributed by atoms with Crippen molar-refractivity contribution < 1.29 is 8.78 Å². The van der Waals surface area contributed by atoms with Gasteiger partial charge in [0, 0.05) is 18.3 Å². The Balaban J connectivity index is 1.30. The van der Waals surface area contributed by atoms with Crippen LogP contribution in [0.1, 0.15) is 56.1 Å². The molecule has 0 bridgehead atoms. The summed E-state index contributed by atoms with van der Waals surface area (Å²) in [6.07, 6.45) is 10.1. The zero-order valence-electron chi connectivity index (χ0n) is 18.8. The first kappa shape index (κ1) is 24.4. The average molecular weight is 500 g/mol. The topological polar surface area (TPSA) is 12.0 Å². The molecule has 3 rings (SSSR count). The van der Waals surface area contributed by atoms with Crippen LogP contribution in [-0.4, -0.2) is 7.05 Å². The van der Waals surface area contributed by atoms with E-state index in [2.05, 4.69) is 27.3 Å². The fourth-order valence-electron chi connectivity index (χ4n) is 4.00. The van der Waals surface area contributed by atoms with Gasteiger partial charge in [-0.3, -0.25) is 0 Å². The third kappa shape index (κ3) is 7.44. The van der Waals surface area contributed by atoms with E-state index >= 15 is 0 Å². The largest absolute Gasteiger partial charge is 0.388 e. The average Bonchev–Trinajstić information content (AvgIpc) is 2.80. The summed E-state index contributed by atoms with van der Waals surface area (Å²) < 4.78 is 28.6. The van der Waals surface area contributed by atoms with Gasteiger partial charge in [-0.25, -0.2) is 8.78 Å². The van der Waals surface area contributed by atoms with Gasteiger partial charge in [-0.1, -0.05) is 62.4 Å². The van der Waals surface area contributed by atoms with Crippen molar-refractivity contribution in [1.29, 1.82) is 0 Å². The number of halogens is 3. The first-order chi connectivity index (χ1) is 15.6. The van der Waals surface area contributed by atoms with Crippen molar-refractivity contribution in [3.05, 3.63) is 87.9 Å². The molecule has 0 unspecified atom stereocenters. The quantitative estimate of drug-likeness (QED) is 0.245. The number of hydrogen-bond donors (Lipinski definition) is 1. The molecule has 0 fully saturated rings. The third-order valence-corrected chi connectivity index (χ3v) is 6.58. The van der Waals surface area contributed by atoms with Crippen LogP contribution >= 0.6 is 15.9 Å². The zero-order chi connectivity index (χ0) is 22.8. The van der Waals surface area contributed by atoms with E-state index in [1.165, 1.54) is 32.1 Å². The predicted molar refractivity (Wildman–Crippen MR) is 135 cm³/mol. The van der Waals surface area contributed by atoms with E-state index in [0.29, 0.717) is 10.0 Å². The Hall–Kier alpha value is -2.20. The summed E-state index contributed by atoms with van der Waals surface area (Å²) in [6, 6.07) is 18.8. The first-order valence-corrected chi connectivity index (χ1v) is 12.4. The predicted octanol–water partition coefficient (Wildman–Crippen LogP) is 8.95. The summed E-state index contributed by atoms with van der Waals surface area (Å²) in [5, 5.41) is 3.08. The van der Waals surface area contributed by atoms with Crippen molar-refractivity contribution >= 4 is 21.6 Å². The molecule has 0 spiro atoms. The molecule has 0 aromatic heterocycles. The molecule has 3 aromatic carbocycles. The summed E-state index contributed by atoms with van der Waals surface area (Å²) in [5.41, 5.74) is 4.71. The van der Waals surface area contributed by atoms with Crippen molar-refractivity contribution in [2.75, 3.05) is 12.4 Å². The van der Waals surface area contributed by atoms with Crippen molar-refractivity contribution in [3.8, 4) is 11.1 Å². The van der Waals surface area contributed by atoms with Crippen LogP contribution in [0.3, 0.4) is 0 Å². The van der Waals surface area contributed by atoms with Crippen LogP contribution in [0.2, 0.25) is 0 Å². The number of aryl methyl sites for hydroxylation is 2. The Labute approximate surface area is 199 Å². The van der Waals surface area contributed by atoms with Crippen LogP contribution in [0.25, 0.3) is 11.1 Å². The fraction of sp³-hybridized carbons (Fsp3) is 0.357. The van der Waals surface area contributed by atoms with E-state index in [0.717, 1.165) is 48.1 Å². The minimum atomic E-state index is -0.180. The van der Waals surface area contributed by atoms with Crippen LogP contribution in [-0.2, 0) is 12.8 Å². The van der Waals surface area contributed by atoms with Gasteiger partial charge in [-0.05, 0) is 88.6 Å². The van der Waals surface area contributed by atoms with Crippen LogP contribution in [0.4, 0.5) is 14.5 Å². The molecule has 32 heavy (non-hydrogen) atoms. The van der Waals surface area contributed by atoms with Crippen molar-refractivity contribution in [2.45, 2.75) is 57.8 Å². The van der Waals surface area contributed by atoms with Gasteiger partial charge >= 0.3 is 0 Å².